The van der Waals surface area contributed by atoms with E-state index in [0.29, 0.717) is 19.0 Å². The van der Waals surface area contributed by atoms with Crippen LogP contribution in [-0.2, 0) is 0 Å². The van der Waals surface area contributed by atoms with Crippen LogP contribution in [0.15, 0.2) is 12.3 Å². The first-order valence-corrected chi connectivity index (χ1v) is 7.77. The molecule has 1 aliphatic rings. The van der Waals surface area contributed by atoms with E-state index in [0.717, 1.165) is 0 Å². The minimum absolute atomic E-state index is 0.0965. The van der Waals surface area contributed by atoms with Gasteiger partial charge in [0.2, 0.25) is 0 Å². The zero-order chi connectivity index (χ0) is 15.2. The molecule has 5 heteroatoms. The maximum absolute atomic E-state index is 14.3. The Labute approximate surface area is 125 Å². The third-order valence-electron chi connectivity index (χ3n) is 4.07. The molecule has 116 valence electrons. The van der Waals surface area contributed by atoms with Gasteiger partial charge in [0.05, 0.1) is 5.56 Å². The molecule has 1 saturated carbocycles. The summed E-state index contributed by atoms with van der Waals surface area (Å²) in [5.74, 6) is -0.125. The van der Waals surface area contributed by atoms with Crippen molar-refractivity contribution in [2.24, 2.45) is 5.92 Å². The predicted octanol–water partition coefficient (Wildman–Crippen LogP) is 3.30. The maximum atomic E-state index is 14.3. The topological polar surface area (TPSA) is 45.2 Å². The molecule has 21 heavy (non-hydrogen) atoms. The summed E-state index contributed by atoms with van der Waals surface area (Å²) in [6.45, 7) is 3.14. The van der Waals surface area contributed by atoms with Crippen molar-refractivity contribution < 1.29 is 9.18 Å². The average Bonchev–Trinajstić information content (AvgIpc) is 2.50. The van der Waals surface area contributed by atoms with Gasteiger partial charge in [-0.1, -0.05) is 19.3 Å². The maximum Gasteiger partial charge on any atom is 0.256 e. The smallest absolute Gasteiger partial charge is 0.256 e. The highest BCUT2D eigenvalue weighted by atomic mass is 19.1. The van der Waals surface area contributed by atoms with E-state index < -0.39 is 5.82 Å². The largest absolute Gasteiger partial charge is 0.368 e. The number of anilines is 1. The van der Waals surface area contributed by atoms with E-state index in [1.54, 1.807) is 11.9 Å². The minimum Gasteiger partial charge on any atom is -0.368 e. The van der Waals surface area contributed by atoms with E-state index in [-0.39, 0.29) is 17.3 Å². The molecule has 0 unspecified atom stereocenters. The summed E-state index contributed by atoms with van der Waals surface area (Å²) in [5.41, 5.74) is 0.0965. The lowest BCUT2D eigenvalue weighted by molar-refractivity contribution is 0.0756. The van der Waals surface area contributed by atoms with Gasteiger partial charge in [-0.15, -0.1) is 0 Å². The van der Waals surface area contributed by atoms with E-state index >= 15 is 0 Å². The average molecular weight is 293 g/mol. The van der Waals surface area contributed by atoms with Gasteiger partial charge in [0.15, 0.2) is 11.6 Å². The molecule has 0 bridgehead atoms. The first-order valence-electron chi connectivity index (χ1n) is 7.77. The summed E-state index contributed by atoms with van der Waals surface area (Å²) >= 11 is 0. The number of amides is 1. The van der Waals surface area contributed by atoms with E-state index in [1.165, 1.54) is 44.4 Å². The molecule has 0 spiro atoms. The fraction of sp³-hybridized carbons (Fsp3) is 0.625. The Balaban J connectivity index is 2.06. The van der Waals surface area contributed by atoms with Crippen LogP contribution in [0.25, 0.3) is 0 Å². The third kappa shape index (κ3) is 3.93. The van der Waals surface area contributed by atoms with E-state index in [4.69, 9.17) is 0 Å². The van der Waals surface area contributed by atoms with Crippen molar-refractivity contribution in [3.8, 4) is 0 Å². The number of halogens is 1. The summed E-state index contributed by atoms with van der Waals surface area (Å²) < 4.78 is 14.3. The zero-order valence-corrected chi connectivity index (χ0v) is 12.9. The van der Waals surface area contributed by atoms with Gasteiger partial charge in [-0.3, -0.25) is 4.79 Å². The van der Waals surface area contributed by atoms with Crippen LogP contribution in [0.2, 0.25) is 0 Å². The first-order chi connectivity index (χ1) is 10.1. The molecule has 1 N–H and O–H groups in total. The van der Waals surface area contributed by atoms with Gasteiger partial charge in [0.1, 0.15) is 0 Å². The molecule has 0 aromatic carbocycles. The first kappa shape index (κ1) is 15.7. The van der Waals surface area contributed by atoms with E-state index in [9.17, 15) is 9.18 Å². The number of carbonyl (C=O) groups excluding carboxylic acids is 1. The summed E-state index contributed by atoms with van der Waals surface area (Å²) in [5, 5.41) is 2.83. The van der Waals surface area contributed by atoms with Crippen molar-refractivity contribution in [1.82, 2.24) is 9.88 Å². The lowest BCUT2D eigenvalue weighted by atomic mass is 9.89. The molecule has 2 rings (SSSR count). The van der Waals surface area contributed by atoms with Crippen LogP contribution in [0.3, 0.4) is 0 Å². The molecule has 1 aromatic rings. The molecule has 1 fully saturated rings. The number of nitrogens with one attached hydrogen (secondary N) is 1. The van der Waals surface area contributed by atoms with Crippen molar-refractivity contribution in [3.63, 3.8) is 0 Å². The van der Waals surface area contributed by atoms with Crippen LogP contribution >= 0.6 is 0 Å². The zero-order valence-electron chi connectivity index (χ0n) is 12.9. The van der Waals surface area contributed by atoms with Crippen molar-refractivity contribution in [2.75, 3.05) is 25.5 Å². The Bertz CT molecular complexity index is 486. The van der Waals surface area contributed by atoms with E-state index in [2.05, 4.69) is 10.3 Å². The molecule has 0 saturated heterocycles. The summed E-state index contributed by atoms with van der Waals surface area (Å²) in [6.07, 6.45) is 7.57. The van der Waals surface area contributed by atoms with Gasteiger partial charge < -0.3 is 10.2 Å². The predicted molar refractivity (Wildman–Crippen MR) is 81.9 cm³/mol. The number of pyridine rings is 1. The van der Waals surface area contributed by atoms with Crippen LogP contribution in [0.4, 0.5) is 10.2 Å². The normalized spacial score (nSPS) is 15.8. The second-order valence-electron chi connectivity index (χ2n) is 5.74. The lowest BCUT2D eigenvalue weighted by Gasteiger charge is -2.27. The van der Waals surface area contributed by atoms with Crippen molar-refractivity contribution >= 4 is 11.7 Å². The summed E-state index contributed by atoms with van der Waals surface area (Å²) in [4.78, 5) is 18.0. The molecule has 1 aliphatic carbocycles. The Morgan fingerprint density at radius 1 is 1.43 bits per heavy atom. The molecule has 4 nitrogen and oxygen atoms in total. The van der Waals surface area contributed by atoms with Crippen LogP contribution in [0.5, 0.6) is 0 Å². The Hall–Kier alpha value is -1.65. The van der Waals surface area contributed by atoms with Gasteiger partial charge in [-0.05, 0) is 31.7 Å². The van der Waals surface area contributed by atoms with Gasteiger partial charge in [0, 0.05) is 26.3 Å². The summed E-state index contributed by atoms with van der Waals surface area (Å²) in [6, 6.07) is 1.45. The highest BCUT2D eigenvalue weighted by molar-refractivity contribution is 5.95. The highest BCUT2D eigenvalue weighted by Crippen LogP contribution is 2.25. The SMILES string of the molecule is CCNc1nccc(C(=O)N(C)CC2CCCCC2)c1F. The fourth-order valence-corrected chi connectivity index (χ4v) is 2.95. The third-order valence-corrected chi connectivity index (χ3v) is 4.07. The lowest BCUT2D eigenvalue weighted by Crippen LogP contribution is -2.33. The Morgan fingerprint density at radius 2 is 2.14 bits per heavy atom. The van der Waals surface area contributed by atoms with Gasteiger partial charge >= 0.3 is 0 Å². The van der Waals surface area contributed by atoms with Gasteiger partial charge in [0.25, 0.3) is 5.91 Å². The molecule has 1 aromatic heterocycles. The van der Waals surface area contributed by atoms with Crippen molar-refractivity contribution in [2.45, 2.75) is 39.0 Å². The quantitative estimate of drug-likeness (QED) is 0.906. The molecule has 0 radical (unpaired) electrons. The molecule has 1 heterocycles. The molecular weight excluding hydrogens is 269 g/mol. The Kier molecular flexibility index (Phi) is 5.53. The Morgan fingerprint density at radius 3 is 2.81 bits per heavy atom. The van der Waals surface area contributed by atoms with Crippen LogP contribution in [-0.4, -0.2) is 35.9 Å². The standard InChI is InChI=1S/C16H24FN3O/c1-3-18-15-14(17)13(9-10-19-15)16(21)20(2)11-12-7-5-4-6-8-12/h9-10,12H,3-8,11H2,1-2H3,(H,18,19). The number of nitrogens with zero attached hydrogens (tertiary/aromatic N) is 2. The summed E-state index contributed by atoms with van der Waals surface area (Å²) in [7, 11) is 1.75. The molecule has 0 aliphatic heterocycles. The van der Waals surface area contributed by atoms with Crippen molar-refractivity contribution in [3.05, 3.63) is 23.6 Å². The molecular formula is C16H24FN3O. The van der Waals surface area contributed by atoms with E-state index in [1.807, 2.05) is 6.92 Å². The highest BCUT2D eigenvalue weighted by Gasteiger charge is 2.22. The fourth-order valence-electron chi connectivity index (χ4n) is 2.95. The number of aromatic nitrogens is 1. The number of hydrogen-bond acceptors (Lipinski definition) is 3. The van der Waals surface area contributed by atoms with Gasteiger partial charge in [-0.25, -0.2) is 9.37 Å². The van der Waals surface area contributed by atoms with Crippen LogP contribution < -0.4 is 5.32 Å². The van der Waals surface area contributed by atoms with Crippen LogP contribution in [0, 0.1) is 11.7 Å². The van der Waals surface area contributed by atoms with Crippen molar-refractivity contribution in [1.29, 1.82) is 0 Å². The number of rotatable bonds is 5. The second kappa shape index (κ2) is 7.38. The monoisotopic (exact) mass is 293 g/mol. The number of hydrogen-bond donors (Lipinski definition) is 1. The number of carbonyl (C=O) groups is 1. The molecule has 0 atom stereocenters. The van der Waals surface area contributed by atoms with Gasteiger partial charge in [-0.2, -0.15) is 0 Å². The minimum atomic E-state index is -0.556. The van der Waals surface area contributed by atoms with Crippen LogP contribution in [0.1, 0.15) is 49.4 Å². The second-order valence-corrected chi connectivity index (χ2v) is 5.74. The molecule has 1 amide bonds.